The first-order chi connectivity index (χ1) is 7.11. The summed E-state index contributed by atoms with van der Waals surface area (Å²) in [7, 11) is 0. The molecule has 0 aliphatic heterocycles. The normalized spacial score (nSPS) is 9.47. The third kappa shape index (κ3) is 3.42. The van der Waals surface area contributed by atoms with Crippen molar-refractivity contribution in [3.8, 4) is 0 Å². The van der Waals surface area contributed by atoms with Crippen molar-refractivity contribution in [2.24, 2.45) is 0 Å². The fourth-order valence-electron chi connectivity index (χ4n) is 1.05. The SMILES string of the molecule is CC(=O)OCOC(=O)c1ccccc1C. The molecule has 0 atom stereocenters. The summed E-state index contributed by atoms with van der Waals surface area (Å²) in [6.07, 6.45) is 0. The Hall–Kier alpha value is -1.84. The van der Waals surface area contributed by atoms with Crippen molar-refractivity contribution in [2.45, 2.75) is 13.8 Å². The van der Waals surface area contributed by atoms with E-state index in [-0.39, 0.29) is 6.79 Å². The van der Waals surface area contributed by atoms with Crippen molar-refractivity contribution in [2.75, 3.05) is 6.79 Å². The maximum Gasteiger partial charge on any atom is 0.341 e. The van der Waals surface area contributed by atoms with Gasteiger partial charge in [-0.1, -0.05) is 18.2 Å². The number of hydrogen-bond donors (Lipinski definition) is 0. The summed E-state index contributed by atoms with van der Waals surface area (Å²) < 4.78 is 9.23. The minimum Gasteiger partial charge on any atom is -0.428 e. The molecule has 0 fully saturated rings. The lowest BCUT2D eigenvalue weighted by molar-refractivity contribution is -0.149. The van der Waals surface area contributed by atoms with Crippen molar-refractivity contribution in [3.05, 3.63) is 35.4 Å². The van der Waals surface area contributed by atoms with Gasteiger partial charge in [0.05, 0.1) is 5.56 Å². The van der Waals surface area contributed by atoms with Crippen LogP contribution >= 0.6 is 0 Å². The zero-order valence-corrected chi connectivity index (χ0v) is 8.65. The van der Waals surface area contributed by atoms with Gasteiger partial charge in [0.1, 0.15) is 0 Å². The highest BCUT2D eigenvalue weighted by Crippen LogP contribution is 2.08. The third-order valence-corrected chi connectivity index (χ3v) is 1.82. The van der Waals surface area contributed by atoms with Gasteiger partial charge < -0.3 is 9.47 Å². The van der Waals surface area contributed by atoms with Gasteiger partial charge in [-0.3, -0.25) is 4.79 Å². The smallest absolute Gasteiger partial charge is 0.341 e. The van der Waals surface area contributed by atoms with Crippen LogP contribution < -0.4 is 0 Å². The molecule has 0 aliphatic carbocycles. The lowest BCUT2D eigenvalue weighted by Crippen LogP contribution is -2.11. The predicted molar refractivity (Wildman–Crippen MR) is 53.2 cm³/mol. The molecule has 80 valence electrons. The van der Waals surface area contributed by atoms with E-state index in [1.165, 1.54) is 6.92 Å². The number of benzene rings is 1. The van der Waals surface area contributed by atoms with Gasteiger partial charge in [0, 0.05) is 6.92 Å². The number of aryl methyl sites for hydroxylation is 1. The fraction of sp³-hybridized carbons (Fsp3) is 0.273. The minimum atomic E-state index is -0.491. The molecule has 0 spiro atoms. The van der Waals surface area contributed by atoms with E-state index >= 15 is 0 Å². The molecule has 0 saturated carbocycles. The van der Waals surface area contributed by atoms with E-state index in [1.54, 1.807) is 12.1 Å². The summed E-state index contributed by atoms with van der Waals surface area (Å²) in [6.45, 7) is 2.71. The van der Waals surface area contributed by atoms with Crippen LogP contribution in [0.1, 0.15) is 22.8 Å². The molecule has 4 heteroatoms. The lowest BCUT2D eigenvalue weighted by atomic mass is 10.1. The van der Waals surface area contributed by atoms with Crippen LogP contribution in [-0.2, 0) is 14.3 Å². The number of hydrogen-bond acceptors (Lipinski definition) is 4. The minimum absolute atomic E-state index is 0.345. The van der Waals surface area contributed by atoms with E-state index in [4.69, 9.17) is 4.74 Å². The monoisotopic (exact) mass is 208 g/mol. The molecule has 1 rings (SSSR count). The maximum absolute atomic E-state index is 11.4. The van der Waals surface area contributed by atoms with Gasteiger partial charge in [-0.05, 0) is 18.6 Å². The quantitative estimate of drug-likeness (QED) is 0.560. The highest BCUT2D eigenvalue weighted by Gasteiger charge is 2.09. The van der Waals surface area contributed by atoms with Gasteiger partial charge in [-0.15, -0.1) is 0 Å². The Kier molecular flexibility index (Phi) is 3.85. The molecule has 1 aromatic carbocycles. The Morgan fingerprint density at radius 3 is 2.47 bits per heavy atom. The van der Waals surface area contributed by atoms with Crippen molar-refractivity contribution < 1.29 is 19.1 Å². The van der Waals surface area contributed by atoms with Gasteiger partial charge >= 0.3 is 11.9 Å². The highest BCUT2D eigenvalue weighted by atomic mass is 16.7. The van der Waals surface area contributed by atoms with E-state index in [2.05, 4.69) is 4.74 Å². The molecule has 0 saturated heterocycles. The standard InChI is InChI=1S/C11H12O4/c1-8-5-3-4-6-10(8)11(13)15-7-14-9(2)12/h3-6H,7H2,1-2H3. The zero-order chi connectivity index (χ0) is 11.3. The summed E-state index contributed by atoms with van der Waals surface area (Å²) in [5, 5.41) is 0. The Balaban J connectivity index is 2.54. The second kappa shape index (κ2) is 5.14. The lowest BCUT2D eigenvalue weighted by Gasteiger charge is -2.06. The van der Waals surface area contributed by atoms with Gasteiger partial charge in [0.15, 0.2) is 0 Å². The topological polar surface area (TPSA) is 52.6 Å². The molecule has 0 aromatic heterocycles. The molecule has 0 aliphatic rings. The van der Waals surface area contributed by atoms with Gasteiger partial charge in [-0.2, -0.15) is 0 Å². The number of esters is 2. The number of rotatable bonds is 3. The van der Waals surface area contributed by atoms with Crippen LogP contribution in [0.5, 0.6) is 0 Å². The average molecular weight is 208 g/mol. The first-order valence-electron chi connectivity index (χ1n) is 4.47. The predicted octanol–water partition coefficient (Wildman–Crippen LogP) is 1.67. The fourth-order valence-corrected chi connectivity index (χ4v) is 1.05. The zero-order valence-electron chi connectivity index (χ0n) is 8.65. The summed E-state index contributed by atoms with van der Waals surface area (Å²) >= 11 is 0. The summed E-state index contributed by atoms with van der Waals surface area (Å²) in [5.41, 5.74) is 1.30. The maximum atomic E-state index is 11.4. The Morgan fingerprint density at radius 2 is 1.87 bits per heavy atom. The average Bonchev–Trinajstić information content (AvgIpc) is 2.17. The molecule has 0 unspecified atom stereocenters. The first-order valence-corrected chi connectivity index (χ1v) is 4.47. The number of ether oxygens (including phenoxy) is 2. The van der Waals surface area contributed by atoms with Crippen molar-refractivity contribution in [1.82, 2.24) is 0 Å². The number of carbonyl (C=O) groups is 2. The molecule has 15 heavy (non-hydrogen) atoms. The Morgan fingerprint density at radius 1 is 1.20 bits per heavy atom. The van der Waals surface area contributed by atoms with Gasteiger partial charge in [0.25, 0.3) is 0 Å². The van der Waals surface area contributed by atoms with Crippen LogP contribution in [0, 0.1) is 6.92 Å². The van der Waals surface area contributed by atoms with Gasteiger partial charge in [-0.25, -0.2) is 4.79 Å². The van der Waals surface area contributed by atoms with E-state index in [0.717, 1.165) is 5.56 Å². The molecule has 0 heterocycles. The van der Waals surface area contributed by atoms with Crippen LogP contribution in [0.15, 0.2) is 24.3 Å². The molecule has 0 amide bonds. The molecular weight excluding hydrogens is 196 g/mol. The summed E-state index contributed by atoms with van der Waals surface area (Å²) in [5.74, 6) is -0.970. The molecular formula is C11H12O4. The summed E-state index contributed by atoms with van der Waals surface area (Å²) in [4.78, 5) is 21.8. The van der Waals surface area contributed by atoms with Crippen molar-refractivity contribution >= 4 is 11.9 Å². The number of carbonyl (C=O) groups excluding carboxylic acids is 2. The molecule has 0 radical (unpaired) electrons. The van der Waals surface area contributed by atoms with Crippen molar-refractivity contribution in [1.29, 1.82) is 0 Å². The van der Waals surface area contributed by atoms with Crippen LogP contribution in [0.4, 0.5) is 0 Å². The molecule has 0 N–H and O–H groups in total. The van der Waals surface area contributed by atoms with Crippen LogP contribution in [0.25, 0.3) is 0 Å². The van der Waals surface area contributed by atoms with E-state index in [0.29, 0.717) is 5.56 Å². The third-order valence-electron chi connectivity index (χ3n) is 1.82. The van der Waals surface area contributed by atoms with E-state index in [9.17, 15) is 9.59 Å². The van der Waals surface area contributed by atoms with Crippen LogP contribution in [-0.4, -0.2) is 18.7 Å². The van der Waals surface area contributed by atoms with Crippen LogP contribution in [0.2, 0.25) is 0 Å². The largest absolute Gasteiger partial charge is 0.428 e. The first kappa shape index (κ1) is 11.2. The Labute approximate surface area is 87.8 Å². The van der Waals surface area contributed by atoms with E-state index in [1.807, 2.05) is 19.1 Å². The van der Waals surface area contributed by atoms with Crippen LogP contribution in [0.3, 0.4) is 0 Å². The van der Waals surface area contributed by atoms with Crippen molar-refractivity contribution in [3.63, 3.8) is 0 Å². The summed E-state index contributed by atoms with van der Waals surface area (Å²) in [6, 6.07) is 7.04. The van der Waals surface area contributed by atoms with E-state index < -0.39 is 11.9 Å². The highest BCUT2D eigenvalue weighted by molar-refractivity contribution is 5.90. The van der Waals surface area contributed by atoms with Gasteiger partial charge in [0.2, 0.25) is 6.79 Å². The second-order valence-corrected chi connectivity index (χ2v) is 3.00. The molecule has 4 nitrogen and oxygen atoms in total. The second-order valence-electron chi connectivity index (χ2n) is 3.00. The molecule has 0 bridgehead atoms. The Bertz CT molecular complexity index is 371. The molecule has 1 aromatic rings.